The average molecular weight is 296 g/mol. The first-order valence-corrected chi connectivity index (χ1v) is 8.48. The van der Waals surface area contributed by atoms with Gasteiger partial charge in [0, 0.05) is 12.1 Å². The van der Waals surface area contributed by atoms with Crippen LogP contribution in [0.4, 0.5) is 0 Å². The van der Waals surface area contributed by atoms with Crippen molar-refractivity contribution in [1.82, 2.24) is 4.72 Å². The van der Waals surface area contributed by atoms with E-state index in [4.69, 9.17) is 5.73 Å². The van der Waals surface area contributed by atoms with Crippen molar-refractivity contribution in [3.63, 3.8) is 0 Å². The number of nitrogens with two attached hydrogens (primary N) is 1. The first kappa shape index (κ1) is 15.5. The lowest BCUT2D eigenvalue weighted by molar-refractivity contribution is 0.327. The Balaban J connectivity index is 2.46. The van der Waals surface area contributed by atoms with Gasteiger partial charge < -0.3 is 5.73 Å². The number of hydrogen-bond acceptors (Lipinski definition) is 3. The Labute approximate surface area is 121 Å². The van der Waals surface area contributed by atoms with E-state index in [0.29, 0.717) is 4.90 Å². The van der Waals surface area contributed by atoms with Gasteiger partial charge in [-0.15, -0.1) is 0 Å². The van der Waals surface area contributed by atoms with E-state index in [-0.39, 0.29) is 12.1 Å². The second-order valence-corrected chi connectivity index (χ2v) is 7.65. The van der Waals surface area contributed by atoms with Crippen LogP contribution >= 0.6 is 0 Å². The molecule has 1 aliphatic carbocycles. The molecule has 0 aromatic heterocycles. The van der Waals surface area contributed by atoms with E-state index in [2.05, 4.69) is 4.72 Å². The lowest BCUT2D eigenvalue weighted by atomic mass is 9.89. The van der Waals surface area contributed by atoms with Crippen molar-refractivity contribution in [1.29, 1.82) is 0 Å². The minimum atomic E-state index is -3.47. The Kier molecular flexibility index (Phi) is 3.97. The maximum atomic E-state index is 12.6. The highest BCUT2D eigenvalue weighted by atomic mass is 32.2. The number of hydrogen-bond donors (Lipinski definition) is 2. The van der Waals surface area contributed by atoms with Crippen molar-refractivity contribution in [2.75, 3.05) is 0 Å². The van der Waals surface area contributed by atoms with Crippen LogP contribution in [-0.4, -0.2) is 20.5 Å². The molecule has 0 heterocycles. The lowest BCUT2D eigenvalue weighted by Gasteiger charge is -2.33. The molecule has 0 aliphatic heterocycles. The molecule has 1 saturated carbocycles. The Morgan fingerprint density at radius 1 is 0.900 bits per heavy atom. The Morgan fingerprint density at radius 3 is 1.70 bits per heavy atom. The third kappa shape index (κ3) is 2.50. The van der Waals surface area contributed by atoms with Gasteiger partial charge in [-0.25, -0.2) is 13.1 Å². The predicted molar refractivity (Wildman–Crippen MR) is 81.4 cm³/mol. The van der Waals surface area contributed by atoms with Crippen molar-refractivity contribution < 1.29 is 8.42 Å². The summed E-state index contributed by atoms with van der Waals surface area (Å²) in [5, 5.41) is 0. The summed E-state index contributed by atoms with van der Waals surface area (Å²) >= 11 is 0. The van der Waals surface area contributed by atoms with Crippen LogP contribution in [0.1, 0.15) is 40.7 Å². The molecule has 5 heteroatoms. The van der Waals surface area contributed by atoms with Crippen molar-refractivity contribution in [2.24, 2.45) is 5.73 Å². The summed E-state index contributed by atoms with van der Waals surface area (Å²) in [5.41, 5.74) is 10.7. The van der Waals surface area contributed by atoms with E-state index in [1.165, 1.54) is 5.56 Å². The van der Waals surface area contributed by atoms with Crippen LogP contribution in [0.15, 0.2) is 4.90 Å². The highest BCUT2D eigenvalue weighted by Crippen LogP contribution is 2.30. The van der Waals surface area contributed by atoms with Crippen LogP contribution in [0.25, 0.3) is 0 Å². The molecule has 1 aliphatic rings. The molecular formula is C15H24N2O2S. The van der Waals surface area contributed by atoms with Crippen molar-refractivity contribution >= 4 is 10.0 Å². The fraction of sp³-hybridized carbons (Fsp3) is 0.600. The largest absolute Gasteiger partial charge is 0.328 e. The van der Waals surface area contributed by atoms with E-state index in [1.54, 1.807) is 0 Å². The van der Waals surface area contributed by atoms with Gasteiger partial charge in [0.25, 0.3) is 0 Å². The van der Waals surface area contributed by atoms with Gasteiger partial charge in [-0.2, -0.15) is 0 Å². The van der Waals surface area contributed by atoms with Crippen LogP contribution in [0.3, 0.4) is 0 Å². The fourth-order valence-electron chi connectivity index (χ4n) is 2.91. The Morgan fingerprint density at radius 2 is 1.30 bits per heavy atom. The number of nitrogens with one attached hydrogen (secondary N) is 1. The first-order valence-electron chi connectivity index (χ1n) is 7.00. The van der Waals surface area contributed by atoms with Gasteiger partial charge in [-0.1, -0.05) is 0 Å². The van der Waals surface area contributed by atoms with Gasteiger partial charge in [-0.05, 0) is 75.3 Å². The minimum absolute atomic E-state index is 0.0179. The first-order chi connectivity index (χ1) is 9.15. The van der Waals surface area contributed by atoms with Crippen molar-refractivity contribution in [3.05, 3.63) is 27.8 Å². The second kappa shape index (κ2) is 5.13. The minimum Gasteiger partial charge on any atom is -0.328 e. The Hall–Kier alpha value is -0.910. The smallest absolute Gasteiger partial charge is 0.241 e. The summed E-state index contributed by atoms with van der Waals surface area (Å²) in [7, 11) is -3.47. The molecule has 2 rings (SSSR count). The standard InChI is InChI=1S/C15H24N2O2S/c1-8-9(2)11(4)15(12(5)10(8)3)20(18,19)17-14-6-13(16)7-14/h13-14,17H,6-7,16H2,1-5H3. The van der Waals surface area contributed by atoms with E-state index >= 15 is 0 Å². The zero-order chi connectivity index (χ0) is 15.2. The SMILES string of the molecule is Cc1c(C)c(C)c(S(=O)(=O)NC2CC(N)C2)c(C)c1C. The van der Waals surface area contributed by atoms with Gasteiger partial charge >= 0.3 is 0 Å². The van der Waals surface area contributed by atoms with E-state index in [9.17, 15) is 8.42 Å². The topological polar surface area (TPSA) is 72.2 Å². The molecule has 20 heavy (non-hydrogen) atoms. The maximum Gasteiger partial charge on any atom is 0.241 e. The normalized spacial score (nSPS) is 22.7. The summed E-state index contributed by atoms with van der Waals surface area (Å²) in [5.74, 6) is 0. The molecule has 1 fully saturated rings. The maximum absolute atomic E-state index is 12.6. The zero-order valence-electron chi connectivity index (χ0n) is 12.9. The summed E-state index contributed by atoms with van der Waals surface area (Å²) in [6, 6.07) is 0.113. The molecule has 1 aromatic rings. The summed E-state index contributed by atoms with van der Waals surface area (Å²) < 4.78 is 28.1. The molecule has 0 unspecified atom stereocenters. The molecule has 4 nitrogen and oxygen atoms in total. The summed E-state index contributed by atoms with van der Waals surface area (Å²) in [6.45, 7) is 9.77. The van der Waals surface area contributed by atoms with Gasteiger partial charge in [0.2, 0.25) is 10.0 Å². The van der Waals surface area contributed by atoms with Gasteiger partial charge in [0.15, 0.2) is 0 Å². The molecule has 0 spiro atoms. The van der Waals surface area contributed by atoms with Crippen LogP contribution in [0, 0.1) is 34.6 Å². The van der Waals surface area contributed by atoms with E-state index in [1.807, 2.05) is 34.6 Å². The molecule has 3 N–H and O–H groups in total. The Bertz CT molecular complexity index is 615. The summed E-state index contributed by atoms with van der Waals surface area (Å²) in [6.07, 6.45) is 1.45. The zero-order valence-corrected chi connectivity index (χ0v) is 13.7. The molecule has 0 bridgehead atoms. The van der Waals surface area contributed by atoms with Gasteiger partial charge in [0.1, 0.15) is 0 Å². The van der Waals surface area contributed by atoms with Crippen LogP contribution in [0.5, 0.6) is 0 Å². The van der Waals surface area contributed by atoms with E-state index in [0.717, 1.165) is 35.1 Å². The number of benzene rings is 1. The summed E-state index contributed by atoms with van der Waals surface area (Å²) in [4.78, 5) is 0.443. The van der Waals surface area contributed by atoms with Crippen molar-refractivity contribution in [3.8, 4) is 0 Å². The molecule has 0 radical (unpaired) electrons. The predicted octanol–water partition coefficient (Wildman–Crippen LogP) is 2.00. The molecule has 0 amide bonds. The van der Waals surface area contributed by atoms with Crippen LogP contribution < -0.4 is 10.5 Å². The number of sulfonamides is 1. The van der Waals surface area contributed by atoms with Crippen LogP contribution in [0.2, 0.25) is 0 Å². The highest BCUT2D eigenvalue weighted by molar-refractivity contribution is 7.89. The molecule has 112 valence electrons. The van der Waals surface area contributed by atoms with Gasteiger partial charge in [-0.3, -0.25) is 0 Å². The molecule has 0 atom stereocenters. The fourth-order valence-corrected chi connectivity index (χ4v) is 4.77. The van der Waals surface area contributed by atoms with Gasteiger partial charge in [0.05, 0.1) is 4.90 Å². The quantitative estimate of drug-likeness (QED) is 0.896. The molecule has 0 saturated heterocycles. The number of rotatable bonds is 3. The monoisotopic (exact) mass is 296 g/mol. The third-order valence-electron chi connectivity index (χ3n) is 4.70. The molecule has 1 aromatic carbocycles. The van der Waals surface area contributed by atoms with Crippen LogP contribution in [-0.2, 0) is 10.0 Å². The van der Waals surface area contributed by atoms with Crippen molar-refractivity contribution in [2.45, 2.75) is 64.4 Å². The lowest BCUT2D eigenvalue weighted by Crippen LogP contribution is -2.50. The highest BCUT2D eigenvalue weighted by Gasteiger charge is 2.32. The average Bonchev–Trinajstić information content (AvgIpc) is 2.31. The third-order valence-corrected chi connectivity index (χ3v) is 6.49. The van der Waals surface area contributed by atoms with E-state index < -0.39 is 10.0 Å². The molecular weight excluding hydrogens is 272 g/mol. The second-order valence-electron chi connectivity index (χ2n) is 6.00.